The number of aliphatic hydroxyl groups excluding tert-OH is 3. The van der Waals surface area contributed by atoms with Crippen LogP contribution in [0.2, 0.25) is 0 Å². The van der Waals surface area contributed by atoms with Crippen LogP contribution in [0, 0.1) is 5.41 Å². The zero-order chi connectivity index (χ0) is 50.4. The highest BCUT2D eigenvalue weighted by atomic mass is 32.2. The molecule has 68 heavy (non-hydrogen) atoms. The normalized spacial score (nSPS) is 20.0. The van der Waals surface area contributed by atoms with Crippen molar-refractivity contribution < 1.29 is 85.6 Å². The predicted molar refractivity (Wildman–Crippen MR) is 248 cm³/mol. The number of nitrogens with zero attached hydrogens (tertiary/aromatic N) is 4. The van der Waals surface area contributed by atoms with Gasteiger partial charge in [0.25, 0.3) is 0 Å². The zero-order valence-corrected chi connectivity index (χ0v) is 42.0. The highest BCUT2D eigenvalue weighted by Gasteiger charge is 2.50. The van der Waals surface area contributed by atoms with Gasteiger partial charge in [0, 0.05) is 43.7 Å². The molecule has 0 bridgehead atoms. The van der Waals surface area contributed by atoms with E-state index in [1.165, 1.54) is 78.1 Å². The minimum Gasteiger partial charge on any atom is -0.396 e. The Morgan fingerprint density at radius 3 is 2.00 bits per heavy atom. The fourth-order valence-electron chi connectivity index (χ4n) is 7.05. The average molecular weight is 1050 g/mol. The third kappa shape index (κ3) is 22.3. The van der Waals surface area contributed by atoms with Crippen LogP contribution in [0.15, 0.2) is 12.7 Å². The van der Waals surface area contributed by atoms with E-state index in [0.717, 1.165) is 61.1 Å². The Hall–Kier alpha value is -2.48. The van der Waals surface area contributed by atoms with E-state index < -0.39 is 84.6 Å². The maximum atomic E-state index is 12.7. The molecule has 29 heteroatoms. The molecule has 2 unspecified atom stereocenters. The molecule has 390 valence electrons. The molecule has 2 aromatic heterocycles. The van der Waals surface area contributed by atoms with Gasteiger partial charge in [0.1, 0.15) is 36.3 Å². The number of imidazole rings is 1. The topological polar surface area (TPSA) is 384 Å². The van der Waals surface area contributed by atoms with Crippen LogP contribution >= 0.6 is 35.2 Å². The van der Waals surface area contributed by atoms with Crippen molar-refractivity contribution in [1.29, 1.82) is 0 Å². The van der Waals surface area contributed by atoms with Gasteiger partial charge in [-0.05, 0) is 12.8 Å². The number of ether oxygens (including phenoxy) is 1. The lowest BCUT2D eigenvalue weighted by Gasteiger charge is -2.30. The van der Waals surface area contributed by atoms with Gasteiger partial charge < -0.3 is 56.0 Å². The number of phosphoric acid groups is 3. The molecule has 0 aliphatic carbocycles. The van der Waals surface area contributed by atoms with Gasteiger partial charge >= 0.3 is 23.5 Å². The van der Waals surface area contributed by atoms with Crippen molar-refractivity contribution in [2.75, 3.05) is 44.4 Å². The van der Waals surface area contributed by atoms with Crippen LogP contribution in [0.25, 0.3) is 11.2 Å². The number of thioether (sulfide) groups is 1. The Labute approximate surface area is 399 Å². The predicted octanol–water partition coefficient (Wildman–Crippen LogP) is 3.90. The van der Waals surface area contributed by atoms with Gasteiger partial charge in [0.15, 0.2) is 22.8 Å². The first-order valence-corrected chi connectivity index (χ1v) is 28.2. The molecular formula is C39H70N7O18P3S. The van der Waals surface area contributed by atoms with E-state index >= 15 is 0 Å². The van der Waals surface area contributed by atoms with E-state index in [9.17, 15) is 57.9 Å². The summed E-state index contributed by atoms with van der Waals surface area (Å²) in [4.78, 5) is 88.4. The number of amides is 2. The minimum atomic E-state index is -5.58. The first-order chi connectivity index (χ1) is 32.1. The number of rotatable bonds is 36. The van der Waals surface area contributed by atoms with E-state index in [4.69, 9.17) is 24.6 Å². The van der Waals surface area contributed by atoms with Gasteiger partial charge in [0.05, 0.1) is 19.5 Å². The summed E-state index contributed by atoms with van der Waals surface area (Å²) in [5.74, 6) is -1.04. The number of nitrogens with one attached hydrogen (secondary N) is 2. The number of carbonyl (C=O) groups is 3. The first kappa shape index (κ1) is 59.8. The molecule has 3 heterocycles. The lowest BCUT2D eigenvalue weighted by molar-refractivity contribution is -0.137. The Balaban J connectivity index is 1.28. The molecule has 0 saturated carbocycles. The van der Waals surface area contributed by atoms with Gasteiger partial charge in [-0.2, -0.15) is 4.31 Å². The molecule has 1 aliphatic heterocycles. The lowest BCUT2D eigenvalue weighted by atomic mass is 9.87. The molecule has 2 aromatic rings. The Kier molecular flexibility index (Phi) is 26.2. The maximum Gasteiger partial charge on any atom is 0.481 e. The van der Waals surface area contributed by atoms with E-state index in [2.05, 4.69) is 34.4 Å². The third-order valence-electron chi connectivity index (χ3n) is 10.8. The minimum absolute atomic E-state index is 0.0318. The molecule has 2 amide bonds. The first-order valence-electron chi connectivity index (χ1n) is 22.7. The van der Waals surface area contributed by atoms with Crippen molar-refractivity contribution in [2.45, 2.75) is 154 Å². The Bertz CT molecular complexity index is 2010. The van der Waals surface area contributed by atoms with Crippen molar-refractivity contribution in [3.63, 3.8) is 0 Å². The fourth-order valence-corrected chi connectivity index (χ4v) is 10.6. The standard InChI is InChI=1S/C39H70N7O18P3S/c1-39(2,34(51)37(52)42-20-19-29(48)41-21-23-68-30(49)18-16-14-12-10-8-6-4-3-5-7-9-11-13-15-17-22-47)25-61-67(58,59)64-66(56,57)60-24-28-33(63-65(53,54)55)32(50)38(62-28)46-27-45-31-35(40)43-26-44-36(31)46/h26-28,32-34,38,47,50-51H,3-25H2,1-2H3,(H,41,48)(H,42,52)(H,56,57)(H,58,59)(H2,40,43,44)(H2,53,54,55)/t28-,32-,33-,34+,38-/m1/s1. The fraction of sp³-hybridized carbons (Fsp3) is 0.795. The van der Waals surface area contributed by atoms with Crippen LogP contribution < -0.4 is 16.4 Å². The van der Waals surface area contributed by atoms with Gasteiger partial charge in [-0.3, -0.25) is 32.5 Å². The quantitative estimate of drug-likeness (QED) is 0.0342. The number of hydrogen-bond donors (Lipinski definition) is 10. The van der Waals surface area contributed by atoms with Crippen molar-refractivity contribution in [3.05, 3.63) is 12.7 Å². The number of carbonyl (C=O) groups excluding carboxylic acids is 3. The highest BCUT2D eigenvalue weighted by Crippen LogP contribution is 2.61. The SMILES string of the molecule is CC(C)(COP(=O)(O)OP(=O)(O)OC[C@H]1O[C@@H](n2cnc3c(N)ncnc32)[C@H](O)[C@@H]1OP(=O)(O)O)[C@@H](O)C(=O)NCCC(=O)NCCSC(=O)CCCCCCCCCCCCCCCCCO. The van der Waals surface area contributed by atoms with E-state index in [0.29, 0.717) is 18.8 Å². The summed E-state index contributed by atoms with van der Waals surface area (Å²) in [5, 5.41) is 35.5. The molecule has 25 nitrogen and oxygen atoms in total. The van der Waals surface area contributed by atoms with Crippen molar-refractivity contribution >= 4 is 69.1 Å². The number of nitrogen functional groups attached to an aromatic ring is 1. The van der Waals surface area contributed by atoms with Gasteiger partial charge in [-0.15, -0.1) is 0 Å². The monoisotopic (exact) mass is 1050 g/mol. The molecule has 3 rings (SSSR count). The van der Waals surface area contributed by atoms with Crippen LogP contribution in [0.1, 0.15) is 129 Å². The summed E-state index contributed by atoms with van der Waals surface area (Å²) in [6, 6.07) is 0. The van der Waals surface area contributed by atoms with Gasteiger partial charge in [0.2, 0.25) is 11.8 Å². The van der Waals surface area contributed by atoms with Crippen LogP contribution in [0.4, 0.5) is 5.82 Å². The summed E-state index contributed by atoms with van der Waals surface area (Å²) >= 11 is 1.15. The summed E-state index contributed by atoms with van der Waals surface area (Å²) in [5.41, 5.74) is 4.28. The number of hydrogen-bond acceptors (Lipinski definition) is 19. The Morgan fingerprint density at radius 1 is 0.838 bits per heavy atom. The Morgan fingerprint density at radius 2 is 1.41 bits per heavy atom. The van der Waals surface area contributed by atoms with E-state index in [1.54, 1.807) is 0 Å². The van der Waals surface area contributed by atoms with E-state index in [-0.39, 0.29) is 41.6 Å². The molecule has 0 radical (unpaired) electrons. The van der Waals surface area contributed by atoms with Gasteiger partial charge in [-0.1, -0.05) is 109 Å². The molecule has 7 atom stereocenters. The second-order valence-corrected chi connectivity index (χ2v) is 22.5. The van der Waals surface area contributed by atoms with Crippen molar-refractivity contribution in [2.24, 2.45) is 5.41 Å². The number of fused-ring (bicyclic) bond motifs is 1. The number of aromatic nitrogens is 4. The van der Waals surface area contributed by atoms with Crippen molar-refractivity contribution in [1.82, 2.24) is 30.2 Å². The van der Waals surface area contributed by atoms with Crippen LogP contribution in [-0.4, -0.2) is 134 Å². The molecule has 0 aromatic carbocycles. The molecule has 1 aliphatic rings. The highest BCUT2D eigenvalue weighted by molar-refractivity contribution is 8.13. The van der Waals surface area contributed by atoms with Crippen LogP contribution in [0.3, 0.4) is 0 Å². The molecule has 0 spiro atoms. The second-order valence-electron chi connectivity index (χ2n) is 17.1. The van der Waals surface area contributed by atoms with Gasteiger partial charge in [-0.25, -0.2) is 28.6 Å². The molecule has 1 saturated heterocycles. The van der Waals surface area contributed by atoms with Crippen LogP contribution in [0.5, 0.6) is 0 Å². The van der Waals surface area contributed by atoms with Crippen LogP contribution in [-0.2, 0) is 50.7 Å². The maximum absolute atomic E-state index is 12.7. The molecule has 1 fully saturated rings. The molecular weight excluding hydrogens is 979 g/mol. The molecule has 11 N–H and O–H groups in total. The lowest BCUT2D eigenvalue weighted by Crippen LogP contribution is -2.46. The summed E-state index contributed by atoms with van der Waals surface area (Å²) in [7, 11) is -16.4. The summed E-state index contributed by atoms with van der Waals surface area (Å²) in [6.07, 6.45) is 11.1. The van der Waals surface area contributed by atoms with Crippen molar-refractivity contribution in [3.8, 4) is 0 Å². The number of unbranched alkanes of at least 4 members (excludes halogenated alkanes) is 14. The summed E-state index contributed by atoms with van der Waals surface area (Å²) < 4.78 is 62.4. The third-order valence-corrected chi connectivity index (χ3v) is 14.8. The number of nitrogens with two attached hydrogens (primary N) is 1. The average Bonchev–Trinajstić information content (AvgIpc) is 3.83. The van der Waals surface area contributed by atoms with E-state index in [1.807, 2.05) is 0 Å². The number of anilines is 1. The summed E-state index contributed by atoms with van der Waals surface area (Å²) in [6.45, 7) is 0.849. The smallest absolute Gasteiger partial charge is 0.396 e. The largest absolute Gasteiger partial charge is 0.481 e. The second kappa shape index (κ2) is 29.8. The number of phosphoric ester groups is 3. The number of aliphatic hydroxyl groups is 3. The zero-order valence-electron chi connectivity index (χ0n) is 38.5.